The van der Waals surface area contributed by atoms with Crippen LogP contribution in [0.25, 0.3) is 0 Å². The molecule has 0 radical (unpaired) electrons. The predicted molar refractivity (Wildman–Crippen MR) is 69.0 cm³/mol. The van der Waals surface area contributed by atoms with Crippen LogP contribution in [0.2, 0.25) is 0 Å². The zero-order valence-electron chi connectivity index (χ0n) is 9.97. The van der Waals surface area contributed by atoms with Crippen molar-refractivity contribution in [1.29, 1.82) is 0 Å². The van der Waals surface area contributed by atoms with Crippen molar-refractivity contribution in [3.05, 3.63) is 42.0 Å². The Balaban J connectivity index is 1.43. The average Bonchev–Trinajstić information content (AvgIpc) is 2.68. The molecule has 3 atom stereocenters. The third-order valence-corrected chi connectivity index (χ3v) is 4.12. The highest BCUT2D eigenvalue weighted by Crippen LogP contribution is 2.42. The predicted octanol–water partition coefficient (Wildman–Crippen LogP) is 2.49. The summed E-state index contributed by atoms with van der Waals surface area (Å²) in [7, 11) is 0. The molecule has 0 aromatic heterocycles. The summed E-state index contributed by atoms with van der Waals surface area (Å²) in [5.41, 5.74) is 1.29. The average molecular weight is 229 g/mol. The van der Waals surface area contributed by atoms with Crippen LogP contribution in [0.15, 0.2) is 36.4 Å². The lowest BCUT2D eigenvalue weighted by molar-refractivity contribution is 0.164. The molecule has 1 aromatic rings. The van der Waals surface area contributed by atoms with E-state index in [2.05, 4.69) is 17.5 Å². The second-order valence-corrected chi connectivity index (χ2v) is 5.21. The third-order valence-electron chi connectivity index (χ3n) is 4.12. The molecule has 3 unspecified atom stereocenters. The minimum absolute atomic E-state index is 0.347. The van der Waals surface area contributed by atoms with Gasteiger partial charge in [0.1, 0.15) is 5.75 Å². The van der Waals surface area contributed by atoms with Gasteiger partial charge in [-0.3, -0.25) is 0 Å². The van der Waals surface area contributed by atoms with Crippen LogP contribution >= 0.6 is 0 Å². The van der Waals surface area contributed by atoms with Crippen LogP contribution < -0.4 is 5.32 Å². The number of aromatic hydroxyl groups is 1. The van der Waals surface area contributed by atoms with Crippen molar-refractivity contribution < 1.29 is 5.11 Å². The highest BCUT2D eigenvalue weighted by molar-refractivity contribution is 5.26. The number of hydrogen-bond donors (Lipinski definition) is 2. The first-order valence-electron chi connectivity index (χ1n) is 6.51. The summed E-state index contributed by atoms with van der Waals surface area (Å²) in [4.78, 5) is 0. The summed E-state index contributed by atoms with van der Waals surface area (Å²) in [6.45, 7) is 1.03. The number of benzene rings is 1. The molecule has 0 spiro atoms. The maximum Gasteiger partial charge on any atom is 0.115 e. The van der Waals surface area contributed by atoms with Gasteiger partial charge >= 0.3 is 0 Å². The summed E-state index contributed by atoms with van der Waals surface area (Å²) in [5, 5.41) is 12.8. The normalized spacial score (nSPS) is 30.0. The van der Waals surface area contributed by atoms with Crippen LogP contribution in [0.3, 0.4) is 0 Å². The van der Waals surface area contributed by atoms with Crippen molar-refractivity contribution in [2.45, 2.75) is 25.3 Å². The molecule has 2 heteroatoms. The fraction of sp³-hybridized carbons (Fsp3) is 0.467. The van der Waals surface area contributed by atoms with Crippen molar-refractivity contribution in [1.82, 2.24) is 5.32 Å². The van der Waals surface area contributed by atoms with Gasteiger partial charge in [-0.05, 0) is 55.3 Å². The van der Waals surface area contributed by atoms with E-state index in [1.165, 1.54) is 18.4 Å². The van der Waals surface area contributed by atoms with E-state index < -0.39 is 0 Å². The summed E-state index contributed by atoms with van der Waals surface area (Å²) < 4.78 is 0. The summed E-state index contributed by atoms with van der Waals surface area (Å²) in [6, 6.07) is 8.21. The van der Waals surface area contributed by atoms with Crippen LogP contribution in [0.1, 0.15) is 18.4 Å². The van der Waals surface area contributed by atoms with Crippen molar-refractivity contribution in [3.63, 3.8) is 0 Å². The summed E-state index contributed by atoms with van der Waals surface area (Å²) in [5.74, 6) is 2.08. The molecular formula is C15H19NO. The molecule has 90 valence electrons. The molecule has 2 N–H and O–H groups in total. The monoisotopic (exact) mass is 229 g/mol. The smallest absolute Gasteiger partial charge is 0.115 e. The van der Waals surface area contributed by atoms with E-state index in [1.54, 1.807) is 12.1 Å². The van der Waals surface area contributed by atoms with E-state index >= 15 is 0 Å². The van der Waals surface area contributed by atoms with Gasteiger partial charge in [0.2, 0.25) is 0 Å². The molecule has 1 aromatic carbocycles. The maximum atomic E-state index is 9.20. The van der Waals surface area contributed by atoms with Gasteiger partial charge in [-0.2, -0.15) is 0 Å². The molecule has 2 aliphatic carbocycles. The van der Waals surface area contributed by atoms with Gasteiger partial charge in [0, 0.05) is 6.04 Å². The van der Waals surface area contributed by atoms with Crippen LogP contribution in [0, 0.1) is 11.8 Å². The standard InChI is InChI=1S/C15H19NO/c17-13-6-4-11(5-7-13)8-9-16-15-10-12-2-1-3-14(12)15/h1,3-7,12,14-17H,2,8-10H2. The van der Waals surface area contributed by atoms with Crippen molar-refractivity contribution >= 4 is 0 Å². The van der Waals surface area contributed by atoms with Gasteiger partial charge in [-0.1, -0.05) is 24.3 Å². The van der Waals surface area contributed by atoms with E-state index in [4.69, 9.17) is 0 Å². The minimum atomic E-state index is 0.347. The number of nitrogens with one attached hydrogen (secondary N) is 1. The van der Waals surface area contributed by atoms with Crippen LogP contribution in [-0.4, -0.2) is 17.7 Å². The van der Waals surface area contributed by atoms with Gasteiger partial charge in [0.15, 0.2) is 0 Å². The first kappa shape index (κ1) is 10.8. The Labute approximate surface area is 102 Å². The Morgan fingerprint density at radius 2 is 2.06 bits per heavy atom. The van der Waals surface area contributed by atoms with E-state index in [9.17, 15) is 5.11 Å². The van der Waals surface area contributed by atoms with E-state index in [0.29, 0.717) is 11.8 Å². The fourth-order valence-corrected chi connectivity index (χ4v) is 3.01. The number of fused-ring (bicyclic) bond motifs is 1. The largest absolute Gasteiger partial charge is 0.508 e. The Kier molecular flexibility index (Phi) is 2.89. The molecule has 1 fully saturated rings. The Morgan fingerprint density at radius 1 is 1.24 bits per heavy atom. The second kappa shape index (κ2) is 4.53. The number of phenols is 1. The number of hydrogen-bond acceptors (Lipinski definition) is 2. The van der Waals surface area contributed by atoms with Gasteiger partial charge in [-0.15, -0.1) is 0 Å². The molecule has 0 bridgehead atoms. The van der Waals surface area contributed by atoms with Gasteiger partial charge in [-0.25, -0.2) is 0 Å². The Hall–Kier alpha value is -1.28. The molecule has 1 saturated carbocycles. The van der Waals surface area contributed by atoms with Crippen molar-refractivity contribution in [2.75, 3.05) is 6.54 Å². The number of phenolic OH excluding ortho intramolecular Hbond substituents is 1. The molecule has 0 heterocycles. The van der Waals surface area contributed by atoms with E-state index in [-0.39, 0.29) is 0 Å². The van der Waals surface area contributed by atoms with E-state index in [0.717, 1.165) is 24.8 Å². The Bertz CT molecular complexity index is 409. The van der Waals surface area contributed by atoms with Crippen molar-refractivity contribution in [3.8, 4) is 5.75 Å². The highest BCUT2D eigenvalue weighted by Gasteiger charge is 2.40. The lowest BCUT2D eigenvalue weighted by Gasteiger charge is -2.40. The molecule has 3 rings (SSSR count). The fourth-order valence-electron chi connectivity index (χ4n) is 3.01. The molecule has 2 aliphatic rings. The number of allylic oxidation sites excluding steroid dienone is 1. The molecule has 17 heavy (non-hydrogen) atoms. The third kappa shape index (κ3) is 2.22. The molecule has 0 amide bonds. The van der Waals surface area contributed by atoms with Gasteiger partial charge in [0.25, 0.3) is 0 Å². The summed E-state index contributed by atoms with van der Waals surface area (Å²) >= 11 is 0. The lowest BCUT2D eigenvalue weighted by atomic mass is 9.71. The Morgan fingerprint density at radius 3 is 2.82 bits per heavy atom. The topological polar surface area (TPSA) is 32.3 Å². The van der Waals surface area contributed by atoms with Gasteiger partial charge < -0.3 is 10.4 Å². The molecule has 0 saturated heterocycles. The number of rotatable bonds is 4. The SMILES string of the molecule is Oc1ccc(CCNC2CC3CC=CC32)cc1. The maximum absolute atomic E-state index is 9.20. The highest BCUT2D eigenvalue weighted by atomic mass is 16.3. The summed E-state index contributed by atoms with van der Waals surface area (Å²) in [6.07, 6.45) is 8.38. The zero-order valence-corrected chi connectivity index (χ0v) is 9.97. The lowest BCUT2D eigenvalue weighted by Crippen LogP contribution is -2.48. The zero-order chi connectivity index (χ0) is 11.7. The van der Waals surface area contributed by atoms with E-state index in [1.807, 2.05) is 12.1 Å². The van der Waals surface area contributed by atoms with Crippen LogP contribution in [0.4, 0.5) is 0 Å². The van der Waals surface area contributed by atoms with Crippen LogP contribution in [0.5, 0.6) is 5.75 Å². The first-order valence-corrected chi connectivity index (χ1v) is 6.51. The first-order chi connectivity index (χ1) is 8.33. The second-order valence-electron chi connectivity index (χ2n) is 5.21. The van der Waals surface area contributed by atoms with Gasteiger partial charge in [0.05, 0.1) is 0 Å². The molecule has 0 aliphatic heterocycles. The van der Waals surface area contributed by atoms with Crippen molar-refractivity contribution in [2.24, 2.45) is 11.8 Å². The minimum Gasteiger partial charge on any atom is -0.508 e. The van der Waals surface area contributed by atoms with Crippen LogP contribution in [-0.2, 0) is 6.42 Å². The molecule has 2 nitrogen and oxygen atoms in total. The quantitative estimate of drug-likeness (QED) is 0.777. The molecular weight excluding hydrogens is 210 g/mol.